The van der Waals surface area contributed by atoms with E-state index in [1.54, 1.807) is 0 Å². The van der Waals surface area contributed by atoms with Gasteiger partial charge in [-0.05, 0) is 50.8 Å². The Labute approximate surface area is 139 Å². The maximum atomic E-state index is 5.78. The Kier molecular flexibility index (Phi) is 4.24. The lowest BCUT2D eigenvalue weighted by atomic mass is 9.77. The van der Waals surface area contributed by atoms with Crippen LogP contribution in [0.4, 0.5) is 0 Å². The molecule has 1 aromatic heterocycles. The summed E-state index contributed by atoms with van der Waals surface area (Å²) in [6, 6.07) is 4.20. The third-order valence-electron chi connectivity index (χ3n) is 6.10. The average Bonchev–Trinajstić information content (AvgIpc) is 2.94. The SMILES string of the molecule is COC[C@H]1CN(CC2CC2)C[C@@]12CCN(Cc1ccc(C)o1)C2. The number of likely N-dealkylation sites (tertiary alicyclic amines) is 2. The molecule has 128 valence electrons. The van der Waals surface area contributed by atoms with Gasteiger partial charge >= 0.3 is 0 Å². The first-order valence-electron chi connectivity index (χ1n) is 9.16. The maximum Gasteiger partial charge on any atom is 0.118 e. The first-order chi connectivity index (χ1) is 11.2. The fraction of sp³-hybridized carbons (Fsp3) is 0.789. The van der Waals surface area contributed by atoms with Crippen LogP contribution in [0.15, 0.2) is 16.5 Å². The highest BCUT2D eigenvalue weighted by atomic mass is 16.5. The van der Waals surface area contributed by atoms with E-state index in [1.165, 1.54) is 52.0 Å². The average molecular weight is 318 g/mol. The van der Waals surface area contributed by atoms with E-state index in [2.05, 4.69) is 21.9 Å². The molecule has 4 rings (SSSR count). The lowest BCUT2D eigenvalue weighted by Crippen LogP contribution is -2.36. The van der Waals surface area contributed by atoms with E-state index in [0.29, 0.717) is 11.3 Å². The minimum Gasteiger partial charge on any atom is -0.465 e. The molecule has 0 bridgehead atoms. The van der Waals surface area contributed by atoms with Crippen molar-refractivity contribution in [3.63, 3.8) is 0 Å². The fourth-order valence-corrected chi connectivity index (χ4v) is 4.75. The van der Waals surface area contributed by atoms with Crippen molar-refractivity contribution in [1.82, 2.24) is 9.80 Å². The highest BCUT2D eigenvalue weighted by molar-refractivity contribution is 5.08. The van der Waals surface area contributed by atoms with Crippen LogP contribution >= 0.6 is 0 Å². The van der Waals surface area contributed by atoms with Gasteiger partial charge in [-0.25, -0.2) is 0 Å². The van der Waals surface area contributed by atoms with Gasteiger partial charge in [-0.1, -0.05) is 0 Å². The summed E-state index contributed by atoms with van der Waals surface area (Å²) in [7, 11) is 1.86. The Bertz CT molecular complexity index is 539. The van der Waals surface area contributed by atoms with Gasteiger partial charge in [0, 0.05) is 44.6 Å². The molecule has 1 aromatic rings. The van der Waals surface area contributed by atoms with Gasteiger partial charge in [-0.3, -0.25) is 4.90 Å². The number of furan rings is 1. The molecule has 0 radical (unpaired) electrons. The molecule has 2 atom stereocenters. The predicted octanol–water partition coefficient (Wildman–Crippen LogP) is 2.77. The van der Waals surface area contributed by atoms with Crippen molar-refractivity contribution >= 4 is 0 Å². The highest BCUT2D eigenvalue weighted by Crippen LogP contribution is 2.45. The van der Waals surface area contributed by atoms with E-state index in [4.69, 9.17) is 9.15 Å². The van der Waals surface area contributed by atoms with Crippen molar-refractivity contribution in [2.45, 2.75) is 32.7 Å². The van der Waals surface area contributed by atoms with Crippen LogP contribution in [0.2, 0.25) is 0 Å². The van der Waals surface area contributed by atoms with Crippen LogP contribution in [0.3, 0.4) is 0 Å². The molecule has 2 saturated heterocycles. The lowest BCUT2D eigenvalue weighted by molar-refractivity contribution is 0.0952. The van der Waals surface area contributed by atoms with Crippen LogP contribution in [0.1, 0.15) is 30.8 Å². The van der Waals surface area contributed by atoms with Crippen molar-refractivity contribution in [2.75, 3.05) is 46.4 Å². The molecule has 0 aromatic carbocycles. The zero-order valence-corrected chi connectivity index (χ0v) is 14.6. The van der Waals surface area contributed by atoms with Crippen molar-refractivity contribution in [3.8, 4) is 0 Å². The van der Waals surface area contributed by atoms with E-state index in [1.807, 2.05) is 14.0 Å². The van der Waals surface area contributed by atoms with Gasteiger partial charge < -0.3 is 14.1 Å². The zero-order chi connectivity index (χ0) is 15.9. The lowest BCUT2D eigenvalue weighted by Gasteiger charge is -2.30. The largest absolute Gasteiger partial charge is 0.465 e. The van der Waals surface area contributed by atoms with Gasteiger partial charge in [0.25, 0.3) is 0 Å². The monoisotopic (exact) mass is 318 g/mol. The van der Waals surface area contributed by atoms with Gasteiger partial charge in [0.05, 0.1) is 13.2 Å². The zero-order valence-electron chi connectivity index (χ0n) is 14.6. The smallest absolute Gasteiger partial charge is 0.118 e. The summed E-state index contributed by atoms with van der Waals surface area (Å²) >= 11 is 0. The summed E-state index contributed by atoms with van der Waals surface area (Å²) in [5.41, 5.74) is 0.437. The van der Waals surface area contributed by atoms with Gasteiger partial charge in [0.15, 0.2) is 0 Å². The summed E-state index contributed by atoms with van der Waals surface area (Å²) in [5.74, 6) is 3.80. The summed E-state index contributed by atoms with van der Waals surface area (Å²) < 4.78 is 11.4. The van der Waals surface area contributed by atoms with Gasteiger partial charge in [-0.15, -0.1) is 0 Å². The highest BCUT2D eigenvalue weighted by Gasteiger charge is 2.50. The second-order valence-corrected chi connectivity index (χ2v) is 8.13. The molecular formula is C19H30N2O2. The first-order valence-corrected chi connectivity index (χ1v) is 9.16. The van der Waals surface area contributed by atoms with Crippen LogP contribution in [0.5, 0.6) is 0 Å². The predicted molar refractivity (Wildman–Crippen MR) is 90.3 cm³/mol. The summed E-state index contributed by atoms with van der Waals surface area (Å²) in [6.45, 7) is 10.1. The minimum absolute atomic E-state index is 0.437. The molecule has 0 N–H and O–H groups in total. The van der Waals surface area contributed by atoms with E-state index in [0.717, 1.165) is 30.6 Å². The molecule has 3 aliphatic rings. The molecule has 1 spiro atoms. The Morgan fingerprint density at radius 3 is 2.78 bits per heavy atom. The molecule has 23 heavy (non-hydrogen) atoms. The summed E-state index contributed by atoms with van der Waals surface area (Å²) in [4.78, 5) is 5.31. The second kappa shape index (κ2) is 6.23. The third kappa shape index (κ3) is 3.35. The molecule has 3 heterocycles. The first kappa shape index (κ1) is 15.7. The molecular weight excluding hydrogens is 288 g/mol. The maximum absolute atomic E-state index is 5.78. The Morgan fingerprint density at radius 2 is 2.09 bits per heavy atom. The van der Waals surface area contributed by atoms with E-state index in [-0.39, 0.29) is 0 Å². The van der Waals surface area contributed by atoms with Crippen LogP contribution in [0.25, 0.3) is 0 Å². The van der Waals surface area contributed by atoms with Crippen LogP contribution in [-0.4, -0.2) is 56.2 Å². The van der Waals surface area contributed by atoms with Crippen molar-refractivity contribution in [2.24, 2.45) is 17.3 Å². The van der Waals surface area contributed by atoms with Gasteiger partial charge in [0.2, 0.25) is 0 Å². The molecule has 4 nitrogen and oxygen atoms in total. The summed E-state index contributed by atoms with van der Waals surface area (Å²) in [6.07, 6.45) is 4.20. The van der Waals surface area contributed by atoms with Gasteiger partial charge in [-0.2, -0.15) is 0 Å². The number of rotatable bonds is 6. The topological polar surface area (TPSA) is 28.9 Å². The molecule has 3 fully saturated rings. The molecule has 2 aliphatic heterocycles. The minimum atomic E-state index is 0.437. The van der Waals surface area contributed by atoms with Crippen molar-refractivity contribution in [1.29, 1.82) is 0 Å². The number of nitrogens with zero attached hydrogens (tertiary/aromatic N) is 2. The Hall–Kier alpha value is -0.840. The number of ether oxygens (including phenoxy) is 1. The fourth-order valence-electron chi connectivity index (χ4n) is 4.75. The Morgan fingerprint density at radius 1 is 1.26 bits per heavy atom. The number of aryl methyl sites for hydroxylation is 1. The van der Waals surface area contributed by atoms with Crippen LogP contribution < -0.4 is 0 Å². The molecule has 4 heteroatoms. The molecule has 1 saturated carbocycles. The van der Waals surface area contributed by atoms with Crippen molar-refractivity contribution in [3.05, 3.63) is 23.7 Å². The van der Waals surface area contributed by atoms with E-state index < -0.39 is 0 Å². The second-order valence-electron chi connectivity index (χ2n) is 8.13. The third-order valence-corrected chi connectivity index (χ3v) is 6.10. The van der Waals surface area contributed by atoms with Crippen LogP contribution in [-0.2, 0) is 11.3 Å². The van der Waals surface area contributed by atoms with Crippen LogP contribution in [0, 0.1) is 24.2 Å². The van der Waals surface area contributed by atoms with E-state index >= 15 is 0 Å². The quantitative estimate of drug-likeness (QED) is 0.806. The normalized spacial score (nSPS) is 32.3. The Balaban J connectivity index is 1.41. The molecule has 0 unspecified atom stereocenters. The van der Waals surface area contributed by atoms with Crippen molar-refractivity contribution < 1.29 is 9.15 Å². The standard InChI is InChI=1S/C19H30N2O2/c1-15-3-6-18(23-15)11-20-8-7-19(13-20)14-21(9-16-4-5-16)10-17(19)12-22-2/h3,6,16-17H,4-5,7-14H2,1-2H3/t17-,19+/m1/s1. The number of hydrogen-bond donors (Lipinski definition) is 0. The van der Waals surface area contributed by atoms with E-state index in [9.17, 15) is 0 Å². The molecule has 0 amide bonds. The number of methoxy groups -OCH3 is 1. The van der Waals surface area contributed by atoms with Gasteiger partial charge in [0.1, 0.15) is 11.5 Å². The summed E-state index contributed by atoms with van der Waals surface area (Å²) in [5, 5.41) is 0. The number of hydrogen-bond acceptors (Lipinski definition) is 4. The molecule has 1 aliphatic carbocycles.